The van der Waals surface area contributed by atoms with Crippen LogP contribution in [-0.2, 0) is 6.54 Å². The zero-order chi connectivity index (χ0) is 10.7. The first kappa shape index (κ1) is 10.9. The van der Waals surface area contributed by atoms with Crippen LogP contribution in [0.4, 0.5) is 0 Å². The van der Waals surface area contributed by atoms with Gasteiger partial charge >= 0.3 is 0 Å². The Bertz CT molecular complexity index is 410. The molecule has 0 amide bonds. The quantitative estimate of drug-likeness (QED) is 0.920. The summed E-state index contributed by atoms with van der Waals surface area (Å²) in [6.07, 6.45) is 1.70. The third kappa shape index (κ3) is 2.93. The highest BCUT2D eigenvalue weighted by Crippen LogP contribution is 2.25. The fourth-order valence-electron chi connectivity index (χ4n) is 1.32. The van der Waals surface area contributed by atoms with Crippen LogP contribution in [0.25, 0.3) is 0 Å². The van der Waals surface area contributed by atoms with Gasteiger partial charge in [0.15, 0.2) is 0 Å². The fraction of sp³-hybridized carbons (Fsp3) is 0.273. The summed E-state index contributed by atoms with van der Waals surface area (Å²) in [6, 6.07) is 6.38. The predicted octanol–water partition coefficient (Wildman–Crippen LogP) is 3.95. The molecule has 2 heterocycles. The standard InChI is InChI=1S/C11H12BrNOS/c1-8(11-5-9(12)7-15-11)13-6-10-3-2-4-14-10/h2-5,7-8,13H,6H2,1H3/t8-/m0/s1. The van der Waals surface area contributed by atoms with Gasteiger partial charge in [-0.3, -0.25) is 0 Å². The molecule has 0 radical (unpaired) electrons. The molecule has 4 heteroatoms. The van der Waals surface area contributed by atoms with Crippen LogP contribution in [0.3, 0.4) is 0 Å². The van der Waals surface area contributed by atoms with Gasteiger partial charge < -0.3 is 9.73 Å². The van der Waals surface area contributed by atoms with Gasteiger partial charge in [0.05, 0.1) is 12.8 Å². The molecule has 0 fully saturated rings. The average Bonchev–Trinajstić information content (AvgIpc) is 2.84. The highest BCUT2D eigenvalue weighted by Gasteiger charge is 2.07. The van der Waals surface area contributed by atoms with Crippen LogP contribution in [0.15, 0.2) is 38.7 Å². The van der Waals surface area contributed by atoms with Gasteiger partial charge in [0.25, 0.3) is 0 Å². The molecule has 0 saturated heterocycles. The van der Waals surface area contributed by atoms with Crippen LogP contribution in [-0.4, -0.2) is 0 Å². The molecule has 0 bridgehead atoms. The second-order valence-corrected chi connectivity index (χ2v) is 5.21. The Morgan fingerprint density at radius 1 is 1.60 bits per heavy atom. The third-order valence-corrected chi connectivity index (χ3v) is 4.05. The van der Waals surface area contributed by atoms with Crippen molar-refractivity contribution in [1.29, 1.82) is 0 Å². The summed E-state index contributed by atoms with van der Waals surface area (Å²) in [5.41, 5.74) is 0. The summed E-state index contributed by atoms with van der Waals surface area (Å²) >= 11 is 5.21. The topological polar surface area (TPSA) is 25.2 Å². The third-order valence-electron chi connectivity index (χ3n) is 2.18. The summed E-state index contributed by atoms with van der Waals surface area (Å²) in [6.45, 7) is 2.92. The van der Waals surface area contributed by atoms with E-state index in [1.165, 1.54) is 4.88 Å². The Morgan fingerprint density at radius 2 is 2.47 bits per heavy atom. The van der Waals surface area contributed by atoms with Crippen molar-refractivity contribution in [2.45, 2.75) is 19.5 Å². The number of furan rings is 1. The first-order valence-corrected chi connectivity index (χ1v) is 6.42. The number of hydrogen-bond acceptors (Lipinski definition) is 3. The molecule has 80 valence electrons. The lowest BCUT2D eigenvalue weighted by Gasteiger charge is -2.10. The zero-order valence-corrected chi connectivity index (χ0v) is 10.8. The summed E-state index contributed by atoms with van der Waals surface area (Å²) in [7, 11) is 0. The molecule has 2 rings (SSSR count). The maximum Gasteiger partial charge on any atom is 0.117 e. The minimum Gasteiger partial charge on any atom is -0.468 e. The largest absolute Gasteiger partial charge is 0.468 e. The van der Waals surface area contributed by atoms with Crippen molar-refractivity contribution in [3.63, 3.8) is 0 Å². The second-order valence-electron chi connectivity index (χ2n) is 3.35. The molecular weight excluding hydrogens is 274 g/mol. The Hall–Kier alpha value is -0.580. The normalized spacial score (nSPS) is 12.9. The molecular formula is C11H12BrNOS. The lowest BCUT2D eigenvalue weighted by Crippen LogP contribution is -2.16. The molecule has 2 aromatic heterocycles. The van der Waals surface area contributed by atoms with Gasteiger partial charge in [0.1, 0.15) is 5.76 Å². The van der Waals surface area contributed by atoms with Gasteiger partial charge in [-0.15, -0.1) is 11.3 Å². The van der Waals surface area contributed by atoms with E-state index in [-0.39, 0.29) is 0 Å². The highest BCUT2D eigenvalue weighted by molar-refractivity contribution is 9.10. The van der Waals surface area contributed by atoms with Crippen molar-refractivity contribution in [1.82, 2.24) is 5.32 Å². The number of rotatable bonds is 4. The van der Waals surface area contributed by atoms with Gasteiger partial charge in [0, 0.05) is 20.8 Å². The van der Waals surface area contributed by atoms with Gasteiger partial charge in [-0.05, 0) is 41.1 Å². The summed E-state index contributed by atoms with van der Waals surface area (Å²) in [4.78, 5) is 1.33. The van der Waals surface area contributed by atoms with Crippen molar-refractivity contribution in [3.05, 3.63) is 45.0 Å². The van der Waals surface area contributed by atoms with Crippen LogP contribution < -0.4 is 5.32 Å². The maximum atomic E-state index is 5.26. The molecule has 2 nitrogen and oxygen atoms in total. The van der Waals surface area contributed by atoms with Crippen molar-refractivity contribution in [3.8, 4) is 0 Å². The monoisotopic (exact) mass is 285 g/mol. The van der Waals surface area contributed by atoms with Crippen molar-refractivity contribution < 1.29 is 4.42 Å². The number of thiophene rings is 1. The summed E-state index contributed by atoms with van der Waals surface area (Å²) in [5, 5.41) is 5.51. The molecule has 0 unspecified atom stereocenters. The number of halogens is 1. The SMILES string of the molecule is C[C@H](NCc1ccco1)c1cc(Br)cs1. The minimum atomic E-state index is 0.353. The van der Waals surface area contributed by atoms with Gasteiger partial charge in [0.2, 0.25) is 0 Å². The van der Waals surface area contributed by atoms with E-state index in [0.717, 1.165) is 16.8 Å². The van der Waals surface area contributed by atoms with Crippen LogP contribution in [0, 0.1) is 0 Å². The molecule has 15 heavy (non-hydrogen) atoms. The molecule has 0 aliphatic heterocycles. The van der Waals surface area contributed by atoms with E-state index in [4.69, 9.17) is 4.42 Å². The predicted molar refractivity (Wildman–Crippen MR) is 66.0 cm³/mol. The minimum absolute atomic E-state index is 0.353. The molecule has 1 N–H and O–H groups in total. The van der Waals surface area contributed by atoms with Crippen molar-refractivity contribution >= 4 is 27.3 Å². The molecule has 0 spiro atoms. The zero-order valence-electron chi connectivity index (χ0n) is 8.37. The summed E-state index contributed by atoms with van der Waals surface area (Å²) in [5.74, 6) is 0.970. The highest BCUT2D eigenvalue weighted by atomic mass is 79.9. The average molecular weight is 286 g/mol. The van der Waals surface area contributed by atoms with E-state index in [1.54, 1.807) is 17.6 Å². The smallest absolute Gasteiger partial charge is 0.117 e. The Morgan fingerprint density at radius 3 is 3.07 bits per heavy atom. The molecule has 0 aliphatic carbocycles. The van der Waals surface area contributed by atoms with Crippen LogP contribution >= 0.6 is 27.3 Å². The van der Waals surface area contributed by atoms with E-state index >= 15 is 0 Å². The van der Waals surface area contributed by atoms with Gasteiger partial charge in [-0.25, -0.2) is 0 Å². The van der Waals surface area contributed by atoms with Crippen LogP contribution in [0.2, 0.25) is 0 Å². The Kier molecular flexibility index (Phi) is 3.61. The van der Waals surface area contributed by atoms with E-state index < -0.39 is 0 Å². The molecule has 0 saturated carbocycles. The van der Waals surface area contributed by atoms with E-state index in [0.29, 0.717) is 6.04 Å². The van der Waals surface area contributed by atoms with E-state index in [1.807, 2.05) is 12.1 Å². The Balaban J connectivity index is 1.90. The molecule has 0 aliphatic rings. The van der Waals surface area contributed by atoms with Crippen LogP contribution in [0.5, 0.6) is 0 Å². The van der Waals surface area contributed by atoms with E-state index in [2.05, 4.69) is 39.6 Å². The fourth-order valence-corrected chi connectivity index (χ4v) is 2.80. The van der Waals surface area contributed by atoms with Gasteiger partial charge in [-0.1, -0.05) is 0 Å². The first-order chi connectivity index (χ1) is 7.25. The van der Waals surface area contributed by atoms with Crippen molar-refractivity contribution in [2.75, 3.05) is 0 Å². The van der Waals surface area contributed by atoms with E-state index in [9.17, 15) is 0 Å². The molecule has 2 aromatic rings. The molecule has 1 atom stereocenters. The number of hydrogen-bond donors (Lipinski definition) is 1. The molecule has 0 aromatic carbocycles. The number of nitrogens with one attached hydrogen (secondary N) is 1. The maximum absolute atomic E-state index is 5.26. The van der Waals surface area contributed by atoms with Crippen molar-refractivity contribution in [2.24, 2.45) is 0 Å². The van der Waals surface area contributed by atoms with Gasteiger partial charge in [-0.2, -0.15) is 0 Å². The lowest BCUT2D eigenvalue weighted by atomic mass is 10.2. The Labute approximate surface area is 101 Å². The summed E-state index contributed by atoms with van der Waals surface area (Å²) < 4.78 is 6.40. The first-order valence-electron chi connectivity index (χ1n) is 4.75. The van der Waals surface area contributed by atoms with Crippen LogP contribution in [0.1, 0.15) is 23.6 Å². The lowest BCUT2D eigenvalue weighted by molar-refractivity contribution is 0.462. The second kappa shape index (κ2) is 4.96.